The molecule has 0 saturated heterocycles. The Morgan fingerprint density at radius 1 is 0.297 bits per heavy atom. The van der Waals surface area contributed by atoms with E-state index in [1.54, 1.807) is 0 Å². The van der Waals surface area contributed by atoms with Crippen molar-refractivity contribution in [1.82, 2.24) is 4.57 Å². The van der Waals surface area contributed by atoms with E-state index in [4.69, 9.17) is 0 Å². The number of rotatable bonds is 7. The summed E-state index contributed by atoms with van der Waals surface area (Å²) in [5.41, 5.74) is 18.7. The van der Waals surface area contributed by atoms with Crippen molar-refractivity contribution < 1.29 is 0 Å². The summed E-state index contributed by atoms with van der Waals surface area (Å²) in [6.07, 6.45) is 0. The number of benzene rings is 10. The molecule has 64 heavy (non-hydrogen) atoms. The fraction of sp³-hybridized carbons (Fsp3) is 0.0323. The molecule has 0 bridgehead atoms. The molecule has 0 N–H and O–H groups in total. The van der Waals surface area contributed by atoms with Gasteiger partial charge in [0.25, 0.3) is 0 Å². The van der Waals surface area contributed by atoms with Gasteiger partial charge in [0.05, 0.1) is 21.9 Å². The Kier molecular flexibility index (Phi) is 8.07. The van der Waals surface area contributed by atoms with Gasteiger partial charge < -0.3 is 9.47 Å². The van der Waals surface area contributed by atoms with Gasteiger partial charge in [-0.25, -0.2) is 0 Å². The van der Waals surface area contributed by atoms with Crippen molar-refractivity contribution in [2.24, 2.45) is 0 Å². The van der Waals surface area contributed by atoms with Crippen LogP contribution in [0.2, 0.25) is 0 Å². The summed E-state index contributed by atoms with van der Waals surface area (Å²) in [7, 11) is 0. The molecule has 0 aliphatic heterocycles. The first kappa shape index (κ1) is 36.5. The van der Waals surface area contributed by atoms with Gasteiger partial charge in [-0.05, 0) is 116 Å². The van der Waals surface area contributed by atoms with E-state index in [1.165, 1.54) is 77.4 Å². The van der Waals surface area contributed by atoms with Crippen LogP contribution in [-0.4, -0.2) is 4.57 Å². The number of hydrogen-bond acceptors (Lipinski definition) is 1. The molecule has 2 nitrogen and oxygen atoms in total. The zero-order valence-electron chi connectivity index (χ0n) is 35.1. The van der Waals surface area contributed by atoms with E-state index in [0.29, 0.717) is 0 Å². The Morgan fingerprint density at radius 3 is 1.42 bits per heavy atom. The van der Waals surface area contributed by atoms with Crippen LogP contribution >= 0.6 is 0 Å². The van der Waals surface area contributed by atoms with Crippen LogP contribution in [0.4, 0.5) is 17.1 Å². The number of para-hydroxylation sites is 3. The third-order valence-corrected chi connectivity index (χ3v) is 14.1. The Bertz CT molecular complexity index is 3500. The van der Waals surface area contributed by atoms with Gasteiger partial charge in [-0.3, -0.25) is 0 Å². The summed E-state index contributed by atoms with van der Waals surface area (Å²) < 4.78 is 2.39. The average molecular weight is 815 g/mol. The van der Waals surface area contributed by atoms with Crippen LogP contribution in [0.1, 0.15) is 44.5 Å². The van der Waals surface area contributed by atoms with Gasteiger partial charge in [-0.15, -0.1) is 0 Å². The number of aromatic nitrogens is 1. The molecule has 2 atom stereocenters. The molecule has 2 aliphatic rings. The second-order valence-electron chi connectivity index (χ2n) is 17.2. The highest BCUT2D eigenvalue weighted by molar-refractivity contribution is 6.09. The van der Waals surface area contributed by atoms with Gasteiger partial charge in [0, 0.05) is 33.5 Å². The van der Waals surface area contributed by atoms with Crippen LogP contribution in [0, 0.1) is 0 Å². The second kappa shape index (κ2) is 14.2. The van der Waals surface area contributed by atoms with Crippen molar-refractivity contribution in [3.8, 4) is 16.8 Å². The number of fused-ring (bicyclic) bond motifs is 8. The zero-order chi connectivity index (χ0) is 42.2. The van der Waals surface area contributed by atoms with Gasteiger partial charge in [-0.2, -0.15) is 0 Å². The third-order valence-electron chi connectivity index (χ3n) is 14.1. The fourth-order valence-electron chi connectivity index (χ4n) is 11.7. The summed E-state index contributed by atoms with van der Waals surface area (Å²) in [6.45, 7) is 0. The van der Waals surface area contributed by atoms with Gasteiger partial charge in [0.2, 0.25) is 0 Å². The molecular formula is C62H42N2. The van der Waals surface area contributed by atoms with Crippen LogP contribution < -0.4 is 4.90 Å². The van der Waals surface area contributed by atoms with E-state index in [2.05, 4.69) is 264 Å². The quantitative estimate of drug-likeness (QED) is 0.156. The van der Waals surface area contributed by atoms with Gasteiger partial charge in [0.15, 0.2) is 0 Å². The van der Waals surface area contributed by atoms with Gasteiger partial charge in [-0.1, -0.05) is 194 Å². The SMILES string of the molecule is c1ccc(N(c2ccc(-n3c4ccccc4c4ccccc43)cc2)c2cccc(C3(c4ccccc4)c4ccccc4C4(c5ccccc5)c5ccccc5-c5cccc3c54)c2)cc1. The van der Waals surface area contributed by atoms with Gasteiger partial charge in [0.1, 0.15) is 0 Å². The lowest BCUT2D eigenvalue weighted by Crippen LogP contribution is -2.44. The first-order valence-electron chi connectivity index (χ1n) is 22.3. The predicted octanol–water partition coefficient (Wildman–Crippen LogP) is 15.3. The molecular weight excluding hydrogens is 773 g/mol. The average Bonchev–Trinajstić information content (AvgIpc) is 3.87. The second-order valence-corrected chi connectivity index (χ2v) is 17.2. The Hall–Kier alpha value is -8.20. The topological polar surface area (TPSA) is 8.17 Å². The van der Waals surface area contributed by atoms with E-state index < -0.39 is 10.8 Å². The lowest BCUT2D eigenvalue weighted by atomic mass is 9.51. The summed E-state index contributed by atoms with van der Waals surface area (Å²) >= 11 is 0. The maximum absolute atomic E-state index is 2.45. The van der Waals surface area contributed by atoms with Crippen LogP contribution in [0.3, 0.4) is 0 Å². The molecule has 11 aromatic rings. The Balaban J connectivity index is 1.05. The van der Waals surface area contributed by atoms with E-state index >= 15 is 0 Å². The maximum atomic E-state index is 2.45. The van der Waals surface area contributed by atoms with Crippen LogP contribution in [-0.2, 0) is 10.8 Å². The number of nitrogens with zero attached hydrogens (tertiary/aromatic N) is 2. The molecule has 2 heteroatoms. The molecule has 0 fully saturated rings. The van der Waals surface area contributed by atoms with E-state index in [1.807, 2.05) is 0 Å². The van der Waals surface area contributed by atoms with Gasteiger partial charge >= 0.3 is 0 Å². The minimum Gasteiger partial charge on any atom is -0.310 e. The van der Waals surface area contributed by atoms with Crippen LogP contribution in [0.5, 0.6) is 0 Å². The molecule has 0 radical (unpaired) electrons. The van der Waals surface area contributed by atoms with Crippen LogP contribution in [0.15, 0.2) is 255 Å². The normalized spacial score (nSPS) is 16.9. The van der Waals surface area contributed by atoms with Crippen molar-refractivity contribution in [1.29, 1.82) is 0 Å². The molecule has 0 saturated carbocycles. The first-order valence-corrected chi connectivity index (χ1v) is 22.3. The predicted molar refractivity (Wildman–Crippen MR) is 265 cm³/mol. The molecule has 1 heterocycles. The van der Waals surface area contributed by atoms with Crippen molar-refractivity contribution in [3.63, 3.8) is 0 Å². The summed E-state index contributed by atoms with van der Waals surface area (Å²) in [6, 6.07) is 94.5. The van der Waals surface area contributed by atoms with E-state index in [9.17, 15) is 0 Å². The Labute approximate surface area is 373 Å². The monoisotopic (exact) mass is 814 g/mol. The number of anilines is 3. The summed E-state index contributed by atoms with van der Waals surface area (Å²) in [5, 5.41) is 2.52. The zero-order valence-corrected chi connectivity index (χ0v) is 35.1. The largest absolute Gasteiger partial charge is 0.310 e. The molecule has 13 rings (SSSR count). The molecule has 1 aromatic heterocycles. The van der Waals surface area contributed by atoms with Crippen molar-refractivity contribution in [3.05, 3.63) is 299 Å². The molecule has 0 amide bonds. The summed E-state index contributed by atoms with van der Waals surface area (Å²) in [5.74, 6) is 0. The smallest absolute Gasteiger partial charge is 0.0720 e. The minimum atomic E-state index is -0.651. The highest BCUT2D eigenvalue weighted by Crippen LogP contribution is 2.65. The molecule has 2 aliphatic carbocycles. The lowest BCUT2D eigenvalue weighted by Gasteiger charge is -2.49. The molecule has 300 valence electrons. The third kappa shape index (κ3) is 4.97. The van der Waals surface area contributed by atoms with Crippen molar-refractivity contribution in [2.45, 2.75) is 10.8 Å². The van der Waals surface area contributed by atoms with E-state index in [0.717, 1.165) is 22.7 Å². The molecule has 10 aromatic carbocycles. The highest BCUT2D eigenvalue weighted by Gasteiger charge is 2.57. The fourth-order valence-corrected chi connectivity index (χ4v) is 11.7. The highest BCUT2D eigenvalue weighted by atomic mass is 15.1. The molecule has 2 unspecified atom stereocenters. The number of hydrogen-bond donors (Lipinski definition) is 0. The van der Waals surface area contributed by atoms with E-state index in [-0.39, 0.29) is 0 Å². The first-order chi connectivity index (χ1) is 31.8. The van der Waals surface area contributed by atoms with Crippen molar-refractivity contribution >= 4 is 38.9 Å². The Morgan fingerprint density at radius 2 is 0.750 bits per heavy atom. The summed E-state index contributed by atoms with van der Waals surface area (Å²) in [4.78, 5) is 2.41. The lowest BCUT2D eigenvalue weighted by molar-refractivity contribution is 0.627. The van der Waals surface area contributed by atoms with Crippen molar-refractivity contribution in [2.75, 3.05) is 4.90 Å². The minimum absolute atomic E-state index is 0.496. The molecule has 0 spiro atoms. The maximum Gasteiger partial charge on any atom is 0.0720 e. The van der Waals surface area contributed by atoms with Crippen LogP contribution in [0.25, 0.3) is 38.6 Å². The standard InChI is InChI=1S/C62H42N2/c1-4-20-43(21-5-1)61(55-33-14-15-34-56(55)62(44-22-6-2-7-23-44)54-32-13-10-28-50(54)53-31-19-35-57(61)60(53)62)45-24-18-27-49(42-45)63(46-25-8-3-9-26-46)47-38-40-48(41-39-47)64-58-36-16-11-29-51(58)52-30-12-17-37-59(52)64/h1-42H.